The molecule has 1 saturated carbocycles. The maximum absolute atomic E-state index is 12.8. The number of amides is 1. The van der Waals surface area contributed by atoms with E-state index in [1.54, 1.807) is 6.20 Å². The van der Waals surface area contributed by atoms with Gasteiger partial charge in [-0.05, 0) is 31.4 Å². The molecule has 1 aliphatic carbocycles. The third-order valence-corrected chi connectivity index (χ3v) is 4.84. The average molecular weight is 303 g/mol. The predicted molar refractivity (Wildman–Crippen MR) is 85.4 cm³/mol. The van der Waals surface area contributed by atoms with Crippen molar-refractivity contribution in [2.45, 2.75) is 44.1 Å². The number of carbonyl (C=O) groups excluding carboxylic acids is 1. The molecule has 1 aromatic rings. The number of anilines is 1. The van der Waals surface area contributed by atoms with Crippen molar-refractivity contribution in [2.75, 3.05) is 31.1 Å². The molecule has 0 bridgehead atoms. The second-order valence-corrected chi connectivity index (χ2v) is 6.43. The summed E-state index contributed by atoms with van der Waals surface area (Å²) in [5, 5.41) is 8.10. The van der Waals surface area contributed by atoms with Crippen LogP contribution in [0.15, 0.2) is 18.3 Å². The summed E-state index contributed by atoms with van der Waals surface area (Å²) < 4.78 is 0. The van der Waals surface area contributed by atoms with Gasteiger partial charge in [-0.2, -0.15) is 5.10 Å². The van der Waals surface area contributed by atoms with Crippen molar-refractivity contribution < 1.29 is 4.79 Å². The molecule has 0 unspecified atom stereocenters. The number of nitrogens with two attached hydrogens (primary N) is 1. The van der Waals surface area contributed by atoms with Crippen LogP contribution in [-0.4, -0.2) is 52.7 Å². The lowest BCUT2D eigenvalue weighted by molar-refractivity contribution is -0.138. The highest BCUT2D eigenvalue weighted by Crippen LogP contribution is 2.28. The van der Waals surface area contributed by atoms with Gasteiger partial charge in [0.05, 0.1) is 5.54 Å². The molecular weight excluding hydrogens is 278 g/mol. The van der Waals surface area contributed by atoms with E-state index in [-0.39, 0.29) is 5.91 Å². The molecular formula is C16H25N5O. The Morgan fingerprint density at radius 1 is 1.09 bits per heavy atom. The number of hydrogen-bond donors (Lipinski definition) is 1. The molecule has 2 aliphatic rings. The summed E-state index contributed by atoms with van der Waals surface area (Å²) >= 11 is 0. The van der Waals surface area contributed by atoms with E-state index >= 15 is 0 Å². The maximum atomic E-state index is 12.8. The number of rotatable bonds is 2. The highest BCUT2D eigenvalue weighted by Gasteiger charge is 2.38. The van der Waals surface area contributed by atoms with Crippen molar-refractivity contribution in [3.8, 4) is 0 Å². The lowest BCUT2D eigenvalue weighted by atomic mass is 9.81. The van der Waals surface area contributed by atoms with Crippen LogP contribution in [0.5, 0.6) is 0 Å². The average Bonchev–Trinajstić information content (AvgIpc) is 2.82. The molecule has 3 rings (SSSR count). The summed E-state index contributed by atoms with van der Waals surface area (Å²) in [6.07, 6.45) is 7.62. The van der Waals surface area contributed by atoms with Crippen molar-refractivity contribution >= 4 is 11.7 Å². The topological polar surface area (TPSA) is 75.4 Å². The minimum Gasteiger partial charge on any atom is -0.353 e. The van der Waals surface area contributed by atoms with Crippen molar-refractivity contribution in [1.29, 1.82) is 0 Å². The molecule has 1 aromatic heterocycles. The maximum Gasteiger partial charge on any atom is 0.242 e. The van der Waals surface area contributed by atoms with Crippen LogP contribution >= 0.6 is 0 Å². The van der Waals surface area contributed by atoms with E-state index in [1.807, 2.05) is 17.0 Å². The number of hydrogen-bond acceptors (Lipinski definition) is 5. The first-order chi connectivity index (χ1) is 10.7. The van der Waals surface area contributed by atoms with Crippen molar-refractivity contribution in [3.63, 3.8) is 0 Å². The molecule has 22 heavy (non-hydrogen) atoms. The zero-order chi connectivity index (χ0) is 15.4. The van der Waals surface area contributed by atoms with Gasteiger partial charge in [0.1, 0.15) is 0 Å². The van der Waals surface area contributed by atoms with Gasteiger partial charge in [-0.25, -0.2) is 0 Å². The summed E-state index contributed by atoms with van der Waals surface area (Å²) in [6.45, 7) is 3.20. The van der Waals surface area contributed by atoms with Gasteiger partial charge >= 0.3 is 0 Å². The third-order valence-electron chi connectivity index (χ3n) is 4.84. The number of carbonyl (C=O) groups is 1. The Labute approximate surface area is 131 Å². The summed E-state index contributed by atoms with van der Waals surface area (Å²) in [4.78, 5) is 17.0. The van der Waals surface area contributed by atoms with Gasteiger partial charge in [0, 0.05) is 32.4 Å². The first-order valence-electron chi connectivity index (χ1n) is 8.30. The molecule has 1 saturated heterocycles. The molecule has 0 atom stereocenters. The number of nitrogens with zero attached hydrogens (tertiary/aromatic N) is 4. The fourth-order valence-corrected chi connectivity index (χ4v) is 3.52. The van der Waals surface area contributed by atoms with E-state index in [0.29, 0.717) is 6.54 Å². The van der Waals surface area contributed by atoms with E-state index < -0.39 is 5.54 Å². The standard InChI is InChI=1S/C16H25N5O/c17-16(7-2-1-3-8-16)15(22)21-11-5-10-20(12-13-21)14-6-4-9-18-19-14/h4,6,9H,1-3,5,7-8,10-13,17H2. The van der Waals surface area contributed by atoms with Gasteiger partial charge in [-0.15, -0.1) is 5.10 Å². The molecule has 6 nitrogen and oxygen atoms in total. The first-order valence-corrected chi connectivity index (χ1v) is 8.30. The third kappa shape index (κ3) is 3.21. The van der Waals surface area contributed by atoms with Crippen LogP contribution in [0.1, 0.15) is 38.5 Å². The van der Waals surface area contributed by atoms with Gasteiger partial charge in [-0.3, -0.25) is 4.79 Å². The number of aromatic nitrogens is 2. The summed E-state index contributed by atoms with van der Waals surface area (Å²) in [7, 11) is 0. The van der Waals surface area contributed by atoms with Crippen LogP contribution < -0.4 is 10.6 Å². The van der Waals surface area contributed by atoms with Crippen molar-refractivity contribution in [2.24, 2.45) is 5.73 Å². The minimum absolute atomic E-state index is 0.146. The van der Waals surface area contributed by atoms with Gasteiger partial charge in [0.25, 0.3) is 0 Å². The molecule has 120 valence electrons. The molecule has 1 aliphatic heterocycles. The van der Waals surface area contributed by atoms with Crippen molar-refractivity contribution in [3.05, 3.63) is 18.3 Å². The SMILES string of the molecule is NC1(C(=O)N2CCCN(c3cccnn3)CC2)CCCCC1. The zero-order valence-electron chi connectivity index (χ0n) is 13.1. The van der Waals surface area contributed by atoms with Crippen LogP contribution in [0.3, 0.4) is 0 Å². The minimum atomic E-state index is -0.625. The highest BCUT2D eigenvalue weighted by atomic mass is 16.2. The monoisotopic (exact) mass is 303 g/mol. The largest absolute Gasteiger partial charge is 0.353 e. The molecule has 1 amide bonds. The summed E-state index contributed by atoms with van der Waals surface area (Å²) in [5.74, 6) is 1.03. The second-order valence-electron chi connectivity index (χ2n) is 6.43. The van der Waals surface area contributed by atoms with Crippen LogP contribution in [0, 0.1) is 0 Å². The fourth-order valence-electron chi connectivity index (χ4n) is 3.52. The Morgan fingerprint density at radius 2 is 1.91 bits per heavy atom. The Bertz CT molecular complexity index is 501. The molecule has 0 aromatic carbocycles. The van der Waals surface area contributed by atoms with Crippen LogP contribution in [0.4, 0.5) is 5.82 Å². The first kappa shape index (κ1) is 15.2. The molecule has 2 heterocycles. The van der Waals surface area contributed by atoms with Gasteiger partial charge in [0.15, 0.2) is 5.82 Å². The molecule has 2 N–H and O–H groups in total. The predicted octanol–water partition coefficient (Wildman–Crippen LogP) is 1.18. The second kappa shape index (κ2) is 6.60. The van der Waals surface area contributed by atoms with Gasteiger partial charge < -0.3 is 15.5 Å². The summed E-state index contributed by atoms with van der Waals surface area (Å²) in [6, 6.07) is 3.86. The molecule has 0 spiro atoms. The highest BCUT2D eigenvalue weighted by molar-refractivity contribution is 5.86. The van der Waals surface area contributed by atoms with Gasteiger partial charge in [-0.1, -0.05) is 19.3 Å². The molecule has 0 radical (unpaired) electrons. The normalized spacial score (nSPS) is 22.2. The van der Waals surface area contributed by atoms with Gasteiger partial charge in [0.2, 0.25) is 5.91 Å². The Morgan fingerprint density at radius 3 is 2.64 bits per heavy atom. The Balaban J connectivity index is 1.64. The Kier molecular flexibility index (Phi) is 4.57. The van der Waals surface area contributed by atoms with E-state index in [1.165, 1.54) is 6.42 Å². The van der Waals surface area contributed by atoms with Crippen molar-refractivity contribution in [1.82, 2.24) is 15.1 Å². The van der Waals surface area contributed by atoms with E-state index in [2.05, 4.69) is 15.1 Å². The van der Waals surface area contributed by atoms with E-state index in [4.69, 9.17) is 5.73 Å². The lowest BCUT2D eigenvalue weighted by Crippen LogP contribution is -2.56. The lowest BCUT2D eigenvalue weighted by Gasteiger charge is -2.36. The Hall–Kier alpha value is -1.69. The molecule has 6 heteroatoms. The van der Waals surface area contributed by atoms with Crippen LogP contribution in [0.25, 0.3) is 0 Å². The van der Waals surface area contributed by atoms with E-state index in [9.17, 15) is 4.79 Å². The quantitative estimate of drug-likeness (QED) is 0.888. The smallest absolute Gasteiger partial charge is 0.242 e. The summed E-state index contributed by atoms with van der Waals surface area (Å²) in [5.41, 5.74) is 5.78. The zero-order valence-corrected chi connectivity index (χ0v) is 13.1. The van der Waals surface area contributed by atoms with Crippen LogP contribution in [-0.2, 0) is 4.79 Å². The van der Waals surface area contributed by atoms with E-state index in [0.717, 1.165) is 57.6 Å². The van der Waals surface area contributed by atoms with Crippen LogP contribution in [0.2, 0.25) is 0 Å². The molecule has 2 fully saturated rings. The fraction of sp³-hybridized carbons (Fsp3) is 0.688.